The molecule has 0 aromatic carbocycles. The van der Waals surface area contributed by atoms with Crippen molar-refractivity contribution >= 4 is 11.9 Å². The second-order valence-corrected chi connectivity index (χ2v) is 21.7. The number of allylic oxidation sites excluding steroid dienone is 5. The third kappa shape index (κ3) is 57.2. The number of amides is 1. The van der Waals surface area contributed by atoms with Gasteiger partial charge in [-0.3, -0.25) is 9.59 Å². The van der Waals surface area contributed by atoms with Gasteiger partial charge in [0.25, 0.3) is 0 Å². The van der Waals surface area contributed by atoms with Crippen LogP contribution in [0.25, 0.3) is 0 Å². The van der Waals surface area contributed by atoms with E-state index in [4.69, 9.17) is 4.74 Å². The number of rotatable bonds is 59. The van der Waals surface area contributed by atoms with E-state index in [1.165, 1.54) is 270 Å². The molecule has 3 N–H and O–H groups in total. The van der Waals surface area contributed by atoms with Crippen LogP contribution in [-0.4, -0.2) is 47.4 Å². The van der Waals surface area contributed by atoms with Crippen molar-refractivity contribution < 1.29 is 24.5 Å². The standard InChI is InChI=1S/C65H123NO5/c1-3-5-7-9-11-13-15-16-32-36-39-43-47-51-55-59-65(70)71-60-56-52-48-44-40-37-34-31-29-27-25-23-21-19-17-18-20-22-24-26-28-30-33-35-38-42-46-50-54-58-64(69)66-62(61-67)63(68)57-53-49-45-41-14-12-10-8-6-4-2/h17,19,23,25,53,57,62-63,67-68H,3-16,18,20-22,24,26-52,54-56,58-61H2,1-2H3,(H,66,69)/b19-17-,25-23-,57-53+. The van der Waals surface area contributed by atoms with Crippen molar-refractivity contribution in [1.29, 1.82) is 0 Å². The van der Waals surface area contributed by atoms with Crippen LogP contribution in [0.4, 0.5) is 0 Å². The second-order valence-electron chi connectivity index (χ2n) is 21.7. The van der Waals surface area contributed by atoms with Crippen molar-refractivity contribution in [3.05, 3.63) is 36.5 Å². The minimum Gasteiger partial charge on any atom is -0.466 e. The van der Waals surface area contributed by atoms with Gasteiger partial charge in [-0.15, -0.1) is 0 Å². The molecule has 1 amide bonds. The van der Waals surface area contributed by atoms with E-state index in [1.54, 1.807) is 6.08 Å². The summed E-state index contributed by atoms with van der Waals surface area (Å²) in [6.07, 6.45) is 76.3. The first kappa shape index (κ1) is 69.1. The highest BCUT2D eigenvalue weighted by Crippen LogP contribution is 2.17. The van der Waals surface area contributed by atoms with Gasteiger partial charge in [0.05, 0.1) is 25.4 Å². The van der Waals surface area contributed by atoms with Gasteiger partial charge in [-0.1, -0.05) is 301 Å². The fourth-order valence-corrected chi connectivity index (χ4v) is 9.78. The molecule has 0 aliphatic carbocycles. The highest BCUT2D eigenvalue weighted by atomic mass is 16.5. The summed E-state index contributed by atoms with van der Waals surface area (Å²) in [4.78, 5) is 24.5. The molecular weight excluding hydrogens is 875 g/mol. The molecule has 0 aromatic heterocycles. The summed E-state index contributed by atoms with van der Waals surface area (Å²) >= 11 is 0. The van der Waals surface area contributed by atoms with Crippen molar-refractivity contribution in [2.24, 2.45) is 0 Å². The van der Waals surface area contributed by atoms with Crippen molar-refractivity contribution in [3.63, 3.8) is 0 Å². The van der Waals surface area contributed by atoms with Crippen molar-refractivity contribution in [2.75, 3.05) is 13.2 Å². The zero-order valence-electron chi connectivity index (χ0n) is 47.7. The molecule has 0 radical (unpaired) electrons. The van der Waals surface area contributed by atoms with E-state index < -0.39 is 12.1 Å². The molecule has 6 heteroatoms. The Morgan fingerprint density at radius 1 is 0.394 bits per heavy atom. The van der Waals surface area contributed by atoms with E-state index in [0.717, 1.165) is 44.9 Å². The molecular formula is C65H123NO5. The molecule has 0 bridgehead atoms. The predicted octanol–water partition coefficient (Wildman–Crippen LogP) is 20.0. The lowest BCUT2D eigenvalue weighted by Crippen LogP contribution is -2.45. The highest BCUT2D eigenvalue weighted by Gasteiger charge is 2.18. The van der Waals surface area contributed by atoms with E-state index in [1.807, 2.05) is 6.08 Å². The van der Waals surface area contributed by atoms with E-state index in [9.17, 15) is 19.8 Å². The molecule has 0 spiro atoms. The van der Waals surface area contributed by atoms with Crippen molar-refractivity contribution in [2.45, 2.75) is 353 Å². The fourth-order valence-electron chi connectivity index (χ4n) is 9.78. The molecule has 2 atom stereocenters. The maximum atomic E-state index is 12.4. The van der Waals surface area contributed by atoms with Crippen LogP contribution in [0.3, 0.4) is 0 Å². The fraction of sp³-hybridized carbons (Fsp3) is 0.877. The second kappa shape index (κ2) is 60.6. The first-order valence-corrected chi connectivity index (χ1v) is 31.8. The summed E-state index contributed by atoms with van der Waals surface area (Å²) < 4.78 is 5.49. The molecule has 0 aliphatic rings. The number of hydrogen-bond acceptors (Lipinski definition) is 5. The lowest BCUT2D eigenvalue weighted by atomic mass is 10.0. The van der Waals surface area contributed by atoms with Gasteiger partial charge in [0.1, 0.15) is 0 Å². The molecule has 0 saturated heterocycles. The van der Waals surface area contributed by atoms with Gasteiger partial charge < -0.3 is 20.3 Å². The third-order valence-electron chi connectivity index (χ3n) is 14.7. The monoisotopic (exact) mass is 998 g/mol. The smallest absolute Gasteiger partial charge is 0.305 e. The first-order chi connectivity index (χ1) is 35.0. The maximum Gasteiger partial charge on any atom is 0.305 e. The van der Waals surface area contributed by atoms with Crippen LogP contribution >= 0.6 is 0 Å². The summed E-state index contributed by atoms with van der Waals surface area (Å²) in [5.41, 5.74) is 0. The van der Waals surface area contributed by atoms with Crippen molar-refractivity contribution in [3.8, 4) is 0 Å². The molecule has 71 heavy (non-hydrogen) atoms. The lowest BCUT2D eigenvalue weighted by Gasteiger charge is -2.20. The Balaban J connectivity index is 3.39. The van der Waals surface area contributed by atoms with Crippen LogP contribution in [-0.2, 0) is 14.3 Å². The van der Waals surface area contributed by atoms with Crippen LogP contribution in [0.15, 0.2) is 36.5 Å². The number of unbranched alkanes of at least 4 members (excludes halogenated alkanes) is 44. The number of esters is 1. The third-order valence-corrected chi connectivity index (χ3v) is 14.7. The Bertz CT molecular complexity index is 1150. The van der Waals surface area contributed by atoms with Crippen LogP contribution in [0.2, 0.25) is 0 Å². The average Bonchev–Trinajstić information content (AvgIpc) is 3.37. The summed E-state index contributed by atoms with van der Waals surface area (Å²) in [5, 5.41) is 23.0. The molecule has 0 aliphatic heterocycles. The molecule has 0 fully saturated rings. The van der Waals surface area contributed by atoms with Gasteiger partial charge in [-0.05, 0) is 64.2 Å². The predicted molar refractivity (Wildman–Crippen MR) is 310 cm³/mol. The number of ether oxygens (including phenoxy) is 1. The molecule has 418 valence electrons. The van der Waals surface area contributed by atoms with Gasteiger partial charge in [-0.2, -0.15) is 0 Å². The zero-order chi connectivity index (χ0) is 51.4. The molecule has 0 rings (SSSR count). The number of hydrogen-bond donors (Lipinski definition) is 3. The van der Waals surface area contributed by atoms with Crippen LogP contribution in [0.1, 0.15) is 341 Å². The largest absolute Gasteiger partial charge is 0.466 e. The van der Waals surface area contributed by atoms with Gasteiger partial charge in [0.15, 0.2) is 0 Å². The minimum atomic E-state index is -0.843. The number of carbonyl (C=O) groups excluding carboxylic acids is 2. The normalized spacial score (nSPS) is 12.8. The summed E-state index contributed by atoms with van der Waals surface area (Å²) in [7, 11) is 0. The minimum absolute atomic E-state index is 0.0145. The molecule has 0 heterocycles. The van der Waals surface area contributed by atoms with Crippen LogP contribution in [0.5, 0.6) is 0 Å². The topological polar surface area (TPSA) is 95.9 Å². The average molecular weight is 999 g/mol. The Hall–Kier alpha value is -1.92. The van der Waals surface area contributed by atoms with E-state index >= 15 is 0 Å². The highest BCUT2D eigenvalue weighted by molar-refractivity contribution is 5.76. The first-order valence-electron chi connectivity index (χ1n) is 31.8. The van der Waals surface area contributed by atoms with Crippen LogP contribution in [0, 0.1) is 0 Å². The van der Waals surface area contributed by atoms with Crippen molar-refractivity contribution in [1.82, 2.24) is 5.32 Å². The van der Waals surface area contributed by atoms with E-state index in [2.05, 4.69) is 43.5 Å². The summed E-state index contributed by atoms with van der Waals surface area (Å²) in [6.45, 7) is 4.90. The molecule has 6 nitrogen and oxygen atoms in total. The Kier molecular flexibility index (Phi) is 59.0. The number of aliphatic hydroxyl groups is 2. The quantitative estimate of drug-likeness (QED) is 0.0321. The van der Waals surface area contributed by atoms with Crippen LogP contribution < -0.4 is 5.32 Å². The number of carbonyl (C=O) groups is 2. The Morgan fingerprint density at radius 3 is 1.07 bits per heavy atom. The Labute approximate surface area is 443 Å². The van der Waals surface area contributed by atoms with Gasteiger partial charge in [0, 0.05) is 12.8 Å². The van der Waals surface area contributed by atoms with E-state index in [0.29, 0.717) is 19.4 Å². The summed E-state index contributed by atoms with van der Waals surface area (Å²) in [6, 6.07) is -0.627. The van der Waals surface area contributed by atoms with Gasteiger partial charge in [-0.25, -0.2) is 0 Å². The molecule has 0 aromatic rings. The van der Waals surface area contributed by atoms with Gasteiger partial charge >= 0.3 is 5.97 Å². The lowest BCUT2D eigenvalue weighted by molar-refractivity contribution is -0.143. The summed E-state index contributed by atoms with van der Waals surface area (Å²) in [5.74, 6) is -0.0558. The molecule has 2 unspecified atom stereocenters. The Morgan fingerprint density at radius 2 is 0.704 bits per heavy atom. The maximum absolute atomic E-state index is 12.4. The number of aliphatic hydroxyl groups excluding tert-OH is 2. The zero-order valence-corrected chi connectivity index (χ0v) is 47.7. The van der Waals surface area contributed by atoms with Gasteiger partial charge in [0.2, 0.25) is 5.91 Å². The van der Waals surface area contributed by atoms with E-state index in [-0.39, 0.29) is 18.5 Å². The SMILES string of the molecule is CCCCCCCCCC/C=C/C(O)C(CO)NC(=O)CCCCCCCCCCCCCCC/C=C\C/C=C\CCCCCCCCCCCOC(=O)CCCCCCCCCCCCCCCCC. The molecule has 0 saturated carbocycles. The number of nitrogens with one attached hydrogen (secondary N) is 1.